The van der Waals surface area contributed by atoms with Crippen molar-refractivity contribution in [2.45, 2.75) is 25.2 Å². The summed E-state index contributed by atoms with van der Waals surface area (Å²) in [6.45, 7) is 3.48. The zero-order chi connectivity index (χ0) is 16.7. The summed E-state index contributed by atoms with van der Waals surface area (Å²) in [6.07, 6.45) is -4.33. The topological polar surface area (TPSA) is 12.5 Å². The van der Waals surface area contributed by atoms with Crippen molar-refractivity contribution in [3.63, 3.8) is 0 Å². The third-order valence-electron chi connectivity index (χ3n) is 4.12. The molecular weight excluding hydrogens is 303 g/mol. The van der Waals surface area contributed by atoms with Gasteiger partial charge in [0.05, 0.1) is 5.56 Å². The number of hydrogen-bond donors (Lipinski definition) is 0. The van der Waals surface area contributed by atoms with E-state index in [-0.39, 0.29) is 0 Å². The normalized spacial score (nSPS) is 21.8. The molecule has 1 aliphatic rings. The predicted molar refractivity (Wildman–Crippen MR) is 82.2 cm³/mol. The number of hydrogen-bond acceptors (Lipinski definition) is 2. The second kappa shape index (κ2) is 5.57. The zero-order valence-electron chi connectivity index (χ0n) is 13.0. The van der Waals surface area contributed by atoms with E-state index < -0.39 is 17.3 Å². The molecule has 2 aromatic rings. The molecule has 5 heteroatoms. The SMILES string of the molecule is CN1Cc2ccccc2C(C)(Oc2ccc(C(F)(F)F)cc2)C1. The Kier molecular flexibility index (Phi) is 3.84. The summed E-state index contributed by atoms with van der Waals surface area (Å²) in [5.41, 5.74) is 0.994. The maximum atomic E-state index is 12.7. The van der Waals surface area contributed by atoms with Crippen LogP contribution in [0, 0.1) is 0 Å². The summed E-state index contributed by atoms with van der Waals surface area (Å²) in [7, 11) is 2.00. The van der Waals surface area contributed by atoms with Gasteiger partial charge in [-0.05, 0) is 43.8 Å². The Hall–Kier alpha value is -2.01. The molecule has 0 aromatic heterocycles. The molecule has 23 heavy (non-hydrogen) atoms. The van der Waals surface area contributed by atoms with Crippen molar-refractivity contribution in [2.24, 2.45) is 0 Å². The van der Waals surface area contributed by atoms with Crippen LogP contribution in [-0.2, 0) is 18.3 Å². The lowest BCUT2D eigenvalue weighted by Gasteiger charge is -2.40. The summed E-state index contributed by atoms with van der Waals surface area (Å²) in [4.78, 5) is 2.15. The van der Waals surface area contributed by atoms with Gasteiger partial charge >= 0.3 is 6.18 Å². The first-order chi connectivity index (χ1) is 10.8. The van der Waals surface area contributed by atoms with Gasteiger partial charge < -0.3 is 4.74 Å². The lowest BCUT2D eigenvalue weighted by atomic mass is 9.87. The standard InChI is InChI=1S/C18H18F3NO/c1-17(12-22(2)11-13-5-3-4-6-16(13)17)23-15-9-7-14(8-10-15)18(19,20)21/h3-10H,11-12H2,1-2H3. The third kappa shape index (κ3) is 3.20. The Balaban J connectivity index is 1.90. The van der Waals surface area contributed by atoms with E-state index in [4.69, 9.17) is 4.74 Å². The van der Waals surface area contributed by atoms with Crippen LogP contribution in [0.1, 0.15) is 23.6 Å². The van der Waals surface area contributed by atoms with E-state index in [9.17, 15) is 13.2 Å². The van der Waals surface area contributed by atoms with Gasteiger partial charge in [0.2, 0.25) is 0 Å². The molecule has 3 rings (SSSR count). The van der Waals surface area contributed by atoms with E-state index >= 15 is 0 Å². The van der Waals surface area contributed by atoms with Gasteiger partial charge in [-0.1, -0.05) is 24.3 Å². The largest absolute Gasteiger partial charge is 0.482 e. The van der Waals surface area contributed by atoms with Gasteiger partial charge in [0.1, 0.15) is 11.4 Å². The van der Waals surface area contributed by atoms with Crippen LogP contribution in [0.5, 0.6) is 5.75 Å². The number of ether oxygens (including phenoxy) is 1. The smallest absolute Gasteiger partial charge is 0.416 e. The average Bonchev–Trinajstić information content (AvgIpc) is 2.46. The fourth-order valence-electron chi connectivity index (χ4n) is 3.18. The maximum Gasteiger partial charge on any atom is 0.416 e. The van der Waals surface area contributed by atoms with Crippen molar-refractivity contribution in [1.82, 2.24) is 4.90 Å². The lowest BCUT2D eigenvalue weighted by molar-refractivity contribution is -0.137. The van der Waals surface area contributed by atoms with Gasteiger partial charge in [-0.3, -0.25) is 4.90 Å². The van der Waals surface area contributed by atoms with Crippen LogP contribution in [-0.4, -0.2) is 18.5 Å². The highest BCUT2D eigenvalue weighted by Crippen LogP contribution is 2.36. The molecule has 0 radical (unpaired) electrons. The van der Waals surface area contributed by atoms with Gasteiger partial charge in [-0.2, -0.15) is 13.2 Å². The zero-order valence-corrected chi connectivity index (χ0v) is 13.0. The van der Waals surface area contributed by atoms with Crippen LogP contribution in [0.25, 0.3) is 0 Å². The first-order valence-electron chi connectivity index (χ1n) is 7.41. The van der Waals surface area contributed by atoms with Crippen LogP contribution in [0.2, 0.25) is 0 Å². The van der Waals surface area contributed by atoms with Crippen LogP contribution >= 0.6 is 0 Å². The monoisotopic (exact) mass is 321 g/mol. The van der Waals surface area contributed by atoms with Crippen LogP contribution in [0.4, 0.5) is 13.2 Å². The van der Waals surface area contributed by atoms with Crippen LogP contribution in [0.3, 0.4) is 0 Å². The Labute approximate surface area is 133 Å². The van der Waals surface area contributed by atoms with Crippen molar-refractivity contribution in [2.75, 3.05) is 13.6 Å². The number of benzene rings is 2. The molecule has 0 saturated heterocycles. The molecule has 0 aliphatic carbocycles. The van der Waals surface area contributed by atoms with Crippen molar-refractivity contribution in [3.8, 4) is 5.75 Å². The van der Waals surface area contributed by atoms with Gasteiger partial charge in [0.25, 0.3) is 0 Å². The van der Waals surface area contributed by atoms with Gasteiger partial charge in [-0.25, -0.2) is 0 Å². The summed E-state index contributed by atoms with van der Waals surface area (Å²) in [5.74, 6) is 0.436. The molecular formula is C18H18F3NO. The van der Waals surface area contributed by atoms with Crippen molar-refractivity contribution >= 4 is 0 Å². The number of halogens is 3. The number of alkyl halides is 3. The minimum Gasteiger partial charge on any atom is -0.482 e. The molecule has 0 amide bonds. The van der Waals surface area contributed by atoms with Crippen molar-refractivity contribution in [1.29, 1.82) is 0 Å². The van der Waals surface area contributed by atoms with E-state index in [1.807, 2.05) is 32.2 Å². The van der Waals surface area contributed by atoms with Crippen LogP contribution < -0.4 is 4.74 Å². The molecule has 1 unspecified atom stereocenters. The highest BCUT2D eigenvalue weighted by atomic mass is 19.4. The van der Waals surface area contributed by atoms with Gasteiger partial charge in [0, 0.05) is 18.7 Å². The fraction of sp³-hybridized carbons (Fsp3) is 0.333. The van der Waals surface area contributed by atoms with E-state index in [2.05, 4.69) is 11.0 Å². The summed E-state index contributed by atoms with van der Waals surface area (Å²) < 4.78 is 44.1. The van der Waals surface area contributed by atoms with Crippen LogP contribution in [0.15, 0.2) is 48.5 Å². The molecule has 0 N–H and O–H groups in total. The molecule has 122 valence electrons. The number of nitrogens with zero attached hydrogens (tertiary/aromatic N) is 1. The molecule has 0 saturated carbocycles. The van der Waals surface area contributed by atoms with Gasteiger partial charge in [-0.15, -0.1) is 0 Å². The molecule has 1 heterocycles. The summed E-state index contributed by atoms with van der Waals surface area (Å²) in [6, 6.07) is 12.9. The molecule has 0 bridgehead atoms. The fourth-order valence-corrected chi connectivity index (χ4v) is 3.18. The highest BCUT2D eigenvalue weighted by molar-refractivity contribution is 5.37. The summed E-state index contributed by atoms with van der Waals surface area (Å²) >= 11 is 0. The van der Waals surface area contributed by atoms with E-state index in [0.717, 1.165) is 24.2 Å². The van der Waals surface area contributed by atoms with Gasteiger partial charge in [0.15, 0.2) is 0 Å². The Morgan fingerprint density at radius 1 is 1.04 bits per heavy atom. The van der Waals surface area contributed by atoms with E-state index in [1.165, 1.54) is 17.7 Å². The first-order valence-corrected chi connectivity index (χ1v) is 7.41. The average molecular weight is 321 g/mol. The minimum atomic E-state index is -4.33. The predicted octanol–water partition coefficient (Wildman–Crippen LogP) is 4.45. The minimum absolute atomic E-state index is 0.436. The second-order valence-electron chi connectivity index (χ2n) is 6.18. The highest BCUT2D eigenvalue weighted by Gasteiger charge is 2.36. The lowest BCUT2D eigenvalue weighted by Crippen LogP contribution is -2.45. The summed E-state index contributed by atoms with van der Waals surface area (Å²) in [5, 5.41) is 0. The molecule has 0 fully saturated rings. The Morgan fingerprint density at radius 2 is 1.70 bits per heavy atom. The number of rotatable bonds is 2. The van der Waals surface area contributed by atoms with Crippen molar-refractivity contribution < 1.29 is 17.9 Å². The van der Waals surface area contributed by atoms with E-state index in [0.29, 0.717) is 12.3 Å². The number of likely N-dealkylation sites (N-methyl/N-ethyl adjacent to an activating group) is 1. The molecule has 1 aliphatic heterocycles. The van der Waals surface area contributed by atoms with Crippen molar-refractivity contribution in [3.05, 3.63) is 65.2 Å². The quantitative estimate of drug-likeness (QED) is 0.810. The van der Waals surface area contributed by atoms with E-state index in [1.54, 1.807) is 0 Å². The molecule has 0 spiro atoms. The Bertz CT molecular complexity index is 696. The molecule has 1 atom stereocenters. The number of fused-ring (bicyclic) bond motifs is 1. The molecule has 2 aromatic carbocycles. The molecule has 2 nitrogen and oxygen atoms in total. The first kappa shape index (κ1) is 15.9. The maximum absolute atomic E-state index is 12.7. The second-order valence-corrected chi connectivity index (χ2v) is 6.18. The Morgan fingerprint density at radius 3 is 2.35 bits per heavy atom. The third-order valence-corrected chi connectivity index (χ3v) is 4.12.